The molecule has 37 heavy (non-hydrogen) atoms. The van der Waals surface area contributed by atoms with E-state index in [1.807, 2.05) is 52.2 Å². The minimum absolute atomic E-state index is 0.142. The molecule has 1 aliphatic rings. The summed E-state index contributed by atoms with van der Waals surface area (Å²) >= 11 is 0. The normalized spacial score (nSPS) is 16.4. The van der Waals surface area contributed by atoms with Crippen molar-refractivity contribution in [1.82, 2.24) is 19.4 Å². The Balaban J connectivity index is 1.77. The third kappa shape index (κ3) is 5.98. The molecular weight excluding hydrogens is 470 g/mol. The zero-order valence-corrected chi connectivity index (χ0v) is 22.4. The fourth-order valence-electron chi connectivity index (χ4n) is 4.93. The van der Waals surface area contributed by atoms with E-state index in [9.17, 15) is 14.4 Å². The maximum atomic E-state index is 13.3. The lowest BCUT2D eigenvalue weighted by Crippen LogP contribution is -2.39. The fourth-order valence-corrected chi connectivity index (χ4v) is 4.93. The average molecular weight is 506 g/mol. The number of hydrogen-bond donors (Lipinski definition) is 1. The smallest absolute Gasteiger partial charge is 0.410 e. The first-order valence-electron chi connectivity index (χ1n) is 12.7. The number of benzene rings is 1. The summed E-state index contributed by atoms with van der Waals surface area (Å²) in [5, 5.41) is 3.00. The molecule has 1 saturated heterocycles. The lowest BCUT2D eigenvalue weighted by atomic mass is 10.1. The number of carbonyl (C=O) groups excluding carboxylic acids is 3. The van der Waals surface area contributed by atoms with Gasteiger partial charge >= 0.3 is 6.09 Å². The summed E-state index contributed by atoms with van der Waals surface area (Å²) in [5.41, 5.74) is 4.24. The molecule has 0 saturated carbocycles. The molecule has 3 heterocycles. The number of likely N-dealkylation sites (tertiary alicyclic amines) is 1. The first kappa shape index (κ1) is 26.3. The molecule has 9 nitrogen and oxygen atoms in total. The van der Waals surface area contributed by atoms with Crippen molar-refractivity contribution in [1.29, 1.82) is 0 Å². The van der Waals surface area contributed by atoms with Crippen molar-refractivity contribution < 1.29 is 19.1 Å². The molecule has 1 aromatic carbocycles. The SMILES string of the molecule is Cc1cc(C(=O)Nc2nc3cc(C=O)cc(C)c3n2[C@@H]2CCCCN(C(=O)OC(C)(C)C)C2)cc(C)n1. The Morgan fingerprint density at radius 1 is 1.05 bits per heavy atom. The number of aldehydes is 1. The number of fused-ring (bicyclic) bond motifs is 1. The van der Waals surface area contributed by atoms with Crippen molar-refractivity contribution in [2.75, 3.05) is 18.4 Å². The van der Waals surface area contributed by atoms with Gasteiger partial charge in [0.2, 0.25) is 5.95 Å². The molecule has 1 aliphatic heterocycles. The van der Waals surface area contributed by atoms with Gasteiger partial charge in [0.05, 0.1) is 17.1 Å². The van der Waals surface area contributed by atoms with Gasteiger partial charge in [0, 0.05) is 35.6 Å². The minimum Gasteiger partial charge on any atom is -0.444 e. The predicted molar refractivity (Wildman–Crippen MR) is 142 cm³/mol. The van der Waals surface area contributed by atoms with Crippen molar-refractivity contribution >= 4 is 35.3 Å². The molecule has 1 N–H and O–H groups in total. The van der Waals surface area contributed by atoms with Crippen LogP contribution in [0.4, 0.5) is 10.7 Å². The van der Waals surface area contributed by atoms with E-state index in [-0.39, 0.29) is 18.0 Å². The van der Waals surface area contributed by atoms with Crippen molar-refractivity contribution in [3.05, 3.63) is 52.3 Å². The highest BCUT2D eigenvalue weighted by Gasteiger charge is 2.30. The number of aromatic nitrogens is 3. The van der Waals surface area contributed by atoms with Gasteiger partial charge in [-0.25, -0.2) is 9.78 Å². The molecule has 0 radical (unpaired) electrons. The summed E-state index contributed by atoms with van der Waals surface area (Å²) in [6, 6.07) is 6.88. The van der Waals surface area contributed by atoms with Gasteiger partial charge in [0.25, 0.3) is 5.91 Å². The van der Waals surface area contributed by atoms with Gasteiger partial charge in [0.15, 0.2) is 0 Å². The van der Waals surface area contributed by atoms with E-state index in [1.165, 1.54) is 0 Å². The van der Waals surface area contributed by atoms with Crippen molar-refractivity contribution in [3.63, 3.8) is 0 Å². The molecule has 2 aromatic heterocycles. The van der Waals surface area contributed by atoms with E-state index >= 15 is 0 Å². The van der Waals surface area contributed by atoms with E-state index in [0.29, 0.717) is 35.7 Å². The third-order valence-corrected chi connectivity index (χ3v) is 6.37. The summed E-state index contributed by atoms with van der Waals surface area (Å²) in [6.45, 7) is 12.2. The number of pyridine rings is 1. The lowest BCUT2D eigenvalue weighted by Gasteiger charge is -2.29. The van der Waals surface area contributed by atoms with Gasteiger partial charge in [-0.2, -0.15) is 0 Å². The van der Waals surface area contributed by atoms with Crippen LogP contribution < -0.4 is 5.32 Å². The van der Waals surface area contributed by atoms with Crippen LogP contribution in [0.3, 0.4) is 0 Å². The van der Waals surface area contributed by atoms with E-state index in [4.69, 9.17) is 9.72 Å². The number of imidazole rings is 1. The molecule has 1 atom stereocenters. The molecule has 4 rings (SSSR count). The molecule has 2 amide bonds. The Labute approximate surface area is 217 Å². The number of anilines is 1. The van der Waals surface area contributed by atoms with E-state index in [1.54, 1.807) is 23.1 Å². The van der Waals surface area contributed by atoms with Crippen LogP contribution in [-0.2, 0) is 4.74 Å². The predicted octanol–water partition coefficient (Wildman–Crippen LogP) is 5.38. The molecule has 9 heteroatoms. The topological polar surface area (TPSA) is 106 Å². The van der Waals surface area contributed by atoms with Crippen molar-refractivity contribution in [2.45, 2.75) is 72.4 Å². The van der Waals surface area contributed by atoms with Crippen LogP contribution in [0.25, 0.3) is 11.0 Å². The number of carbonyl (C=O) groups is 3. The van der Waals surface area contributed by atoms with Gasteiger partial charge in [-0.1, -0.05) is 0 Å². The van der Waals surface area contributed by atoms with Crippen LogP contribution in [0.1, 0.15) is 83.7 Å². The average Bonchev–Trinajstić information content (AvgIpc) is 2.98. The second-order valence-electron chi connectivity index (χ2n) is 10.8. The van der Waals surface area contributed by atoms with Gasteiger partial charge in [0.1, 0.15) is 11.9 Å². The second-order valence-corrected chi connectivity index (χ2v) is 10.8. The van der Waals surface area contributed by atoms with Crippen LogP contribution in [0.2, 0.25) is 0 Å². The zero-order chi connectivity index (χ0) is 26.9. The molecule has 0 aliphatic carbocycles. The van der Waals surface area contributed by atoms with Gasteiger partial charge < -0.3 is 14.2 Å². The molecule has 3 aromatic rings. The maximum Gasteiger partial charge on any atom is 0.410 e. The van der Waals surface area contributed by atoms with E-state index in [2.05, 4.69) is 10.3 Å². The number of ether oxygens (including phenoxy) is 1. The molecule has 0 unspecified atom stereocenters. The molecule has 0 bridgehead atoms. The Morgan fingerprint density at radius 2 is 1.76 bits per heavy atom. The number of rotatable bonds is 4. The largest absolute Gasteiger partial charge is 0.444 e. The van der Waals surface area contributed by atoms with Crippen LogP contribution in [0.5, 0.6) is 0 Å². The maximum absolute atomic E-state index is 13.3. The molecule has 196 valence electrons. The Hall–Kier alpha value is -3.75. The summed E-state index contributed by atoms with van der Waals surface area (Å²) in [6.07, 6.45) is 3.01. The minimum atomic E-state index is -0.595. The van der Waals surface area contributed by atoms with Crippen LogP contribution in [0, 0.1) is 20.8 Å². The number of hydrogen-bond acceptors (Lipinski definition) is 6. The quantitative estimate of drug-likeness (QED) is 0.477. The first-order chi connectivity index (χ1) is 17.4. The van der Waals surface area contributed by atoms with Crippen molar-refractivity contribution in [3.8, 4) is 0 Å². The summed E-state index contributed by atoms with van der Waals surface area (Å²) in [4.78, 5) is 48.7. The lowest BCUT2D eigenvalue weighted by molar-refractivity contribution is 0.0238. The monoisotopic (exact) mass is 505 g/mol. The van der Waals surface area contributed by atoms with Gasteiger partial charge in [-0.05, 0) is 90.6 Å². The first-order valence-corrected chi connectivity index (χ1v) is 12.7. The Bertz CT molecular complexity index is 1330. The third-order valence-electron chi connectivity index (χ3n) is 6.37. The highest BCUT2D eigenvalue weighted by molar-refractivity contribution is 6.04. The molecule has 0 spiro atoms. The van der Waals surface area contributed by atoms with E-state index in [0.717, 1.165) is 48.0 Å². The van der Waals surface area contributed by atoms with Crippen LogP contribution in [0.15, 0.2) is 24.3 Å². The summed E-state index contributed by atoms with van der Waals surface area (Å²) < 4.78 is 7.68. The molecule has 1 fully saturated rings. The Kier molecular flexibility index (Phi) is 7.34. The standard InChI is InChI=1S/C28H35N5O4/c1-17-11-20(16-34)14-23-24(17)33(22-9-7-8-10-32(15-22)27(36)37-28(4,5)6)26(30-23)31-25(35)21-12-18(2)29-19(3)13-21/h11-14,16,22H,7-10,15H2,1-6H3,(H,30,31,35)/t22-/m1/s1. The summed E-state index contributed by atoms with van der Waals surface area (Å²) in [7, 11) is 0. The Morgan fingerprint density at radius 3 is 2.41 bits per heavy atom. The highest BCUT2D eigenvalue weighted by atomic mass is 16.6. The number of amides is 2. The fraction of sp³-hybridized carbons (Fsp3) is 0.464. The van der Waals surface area contributed by atoms with Crippen molar-refractivity contribution in [2.24, 2.45) is 0 Å². The number of nitrogens with zero attached hydrogens (tertiary/aromatic N) is 4. The van der Waals surface area contributed by atoms with Gasteiger partial charge in [-0.3, -0.25) is 19.9 Å². The van der Waals surface area contributed by atoms with Crippen LogP contribution >= 0.6 is 0 Å². The van der Waals surface area contributed by atoms with Crippen LogP contribution in [-0.4, -0.2) is 56.4 Å². The number of aryl methyl sites for hydroxylation is 3. The van der Waals surface area contributed by atoms with E-state index < -0.39 is 5.60 Å². The molecular formula is C28H35N5O4. The van der Waals surface area contributed by atoms with Gasteiger partial charge in [-0.15, -0.1) is 0 Å². The zero-order valence-electron chi connectivity index (χ0n) is 22.4. The number of nitrogens with one attached hydrogen (secondary N) is 1. The highest BCUT2D eigenvalue weighted by Crippen LogP contribution is 2.33. The summed E-state index contributed by atoms with van der Waals surface area (Å²) in [5.74, 6) is 0.0883. The second kappa shape index (κ2) is 10.3.